The average Bonchev–Trinajstić information content (AvgIpc) is 3.29. The van der Waals surface area contributed by atoms with Gasteiger partial charge in [-0.05, 0) is 43.2 Å². The van der Waals surface area contributed by atoms with Gasteiger partial charge in [0, 0.05) is 13.0 Å². The van der Waals surface area contributed by atoms with Gasteiger partial charge < -0.3 is 9.42 Å². The van der Waals surface area contributed by atoms with E-state index in [9.17, 15) is 4.79 Å². The third-order valence-corrected chi connectivity index (χ3v) is 5.29. The lowest BCUT2D eigenvalue weighted by atomic mass is 9.82. The Morgan fingerprint density at radius 3 is 3.00 bits per heavy atom. The normalized spacial score (nSPS) is 23.3. The molecule has 24 heavy (non-hydrogen) atoms. The Morgan fingerprint density at radius 2 is 2.17 bits per heavy atom. The molecule has 0 N–H and O–H groups in total. The van der Waals surface area contributed by atoms with E-state index in [0.29, 0.717) is 11.7 Å². The van der Waals surface area contributed by atoms with Gasteiger partial charge in [-0.25, -0.2) is 0 Å². The van der Waals surface area contributed by atoms with E-state index < -0.39 is 0 Å². The van der Waals surface area contributed by atoms with Crippen LogP contribution in [0.2, 0.25) is 0 Å². The molecule has 2 atom stereocenters. The molecule has 4 rings (SSSR count). The minimum absolute atomic E-state index is 0.0203. The maximum absolute atomic E-state index is 13.3. The van der Waals surface area contributed by atoms with Crippen molar-refractivity contribution in [3.8, 4) is 0 Å². The van der Waals surface area contributed by atoms with Crippen LogP contribution in [-0.4, -0.2) is 27.5 Å². The van der Waals surface area contributed by atoms with Crippen molar-refractivity contribution < 1.29 is 9.32 Å². The molecule has 0 unspecified atom stereocenters. The predicted octanol–water partition coefficient (Wildman–Crippen LogP) is 3.42. The maximum Gasteiger partial charge on any atom is 0.230 e. The second-order valence-corrected chi connectivity index (χ2v) is 6.73. The number of amides is 1. The highest BCUT2D eigenvalue weighted by Crippen LogP contribution is 2.38. The zero-order valence-electron chi connectivity index (χ0n) is 14.1. The number of benzene rings is 1. The molecule has 1 amide bonds. The van der Waals surface area contributed by atoms with Gasteiger partial charge in [-0.3, -0.25) is 4.79 Å². The third-order valence-electron chi connectivity index (χ3n) is 5.29. The number of fused-ring (bicyclic) bond motifs is 1. The first kappa shape index (κ1) is 15.4. The van der Waals surface area contributed by atoms with Crippen LogP contribution in [0, 0.1) is 0 Å². The van der Waals surface area contributed by atoms with Crippen LogP contribution in [0.25, 0.3) is 0 Å². The number of nitrogens with zero attached hydrogens (tertiary/aromatic N) is 3. The van der Waals surface area contributed by atoms with Crippen LogP contribution in [0.15, 0.2) is 28.8 Å². The number of likely N-dealkylation sites (tertiary alicyclic amines) is 1. The van der Waals surface area contributed by atoms with Gasteiger partial charge in [0.2, 0.25) is 11.8 Å². The van der Waals surface area contributed by atoms with Gasteiger partial charge >= 0.3 is 0 Å². The van der Waals surface area contributed by atoms with E-state index in [-0.39, 0.29) is 17.9 Å². The first-order valence-electron chi connectivity index (χ1n) is 8.98. The average molecular weight is 325 g/mol. The molecule has 2 heterocycles. The molecule has 2 aliphatic rings. The Morgan fingerprint density at radius 1 is 1.29 bits per heavy atom. The van der Waals surface area contributed by atoms with Gasteiger partial charge in [0.05, 0.1) is 12.0 Å². The molecule has 1 aromatic heterocycles. The van der Waals surface area contributed by atoms with Crippen molar-refractivity contribution in [2.24, 2.45) is 0 Å². The molecule has 0 radical (unpaired) electrons. The van der Waals surface area contributed by atoms with Crippen molar-refractivity contribution >= 4 is 5.91 Å². The van der Waals surface area contributed by atoms with E-state index in [2.05, 4.69) is 28.3 Å². The van der Waals surface area contributed by atoms with Gasteiger partial charge in [-0.2, -0.15) is 4.98 Å². The Bertz CT molecular complexity index is 740. The minimum atomic E-state index is -0.0318. The van der Waals surface area contributed by atoms with Crippen molar-refractivity contribution in [1.82, 2.24) is 15.0 Å². The van der Waals surface area contributed by atoms with Crippen LogP contribution in [0.5, 0.6) is 0 Å². The number of rotatable bonds is 3. The van der Waals surface area contributed by atoms with Gasteiger partial charge in [0.1, 0.15) is 0 Å². The topological polar surface area (TPSA) is 59.2 Å². The fourth-order valence-corrected chi connectivity index (χ4v) is 4.06. The molecule has 1 saturated heterocycles. The zero-order valence-corrected chi connectivity index (χ0v) is 14.1. The summed E-state index contributed by atoms with van der Waals surface area (Å²) in [4.78, 5) is 19.7. The highest BCUT2D eigenvalue weighted by Gasteiger charge is 2.38. The number of carbonyl (C=O) groups excluding carboxylic acids is 1. The largest absolute Gasteiger partial charge is 0.339 e. The molecular weight excluding hydrogens is 302 g/mol. The summed E-state index contributed by atoms with van der Waals surface area (Å²) in [6.45, 7) is 2.78. The Hall–Kier alpha value is -2.17. The van der Waals surface area contributed by atoms with Crippen molar-refractivity contribution in [1.29, 1.82) is 0 Å². The molecule has 126 valence electrons. The predicted molar refractivity (Wildman–Crippen MR) is 89.5 cm³/mol. The Labute approximate surface area is 142 Å². The Kier molecular flexibility index (Phi) is 4.08. The van der Waals surface area contributed by atoms with Gasteiger partial charge in [-0.1, -0.05) is 36.3 Å². The minimum Gasteiger partial charge on any atom is -0.339 e. The molecule has 1 aromatic carbocycles. The Balaban J connectivity index is 1.60. The fraction of sp³-hybridized carbons (Fsp3) is 0.526. The van der Waals surface area contributed by atoms with Gasteiger partial charge in [0.25, 0.3) is 0 Å². The lowest BCUT2D eigenvalue weighted by Gasteiger charge is -2.31. The molecule has 0 bridgehead atoms. The van der Waals surface area contributed by atoms with Crippen molar-refractivity contribution in [3.05, 3.63) is 47.1 Å². The van der Waals surface area contributed by atoms with Crippen LogP contribution < -0.4 is 0 Å². The lowest BCUT2D eigenvalue weighted by molar-refractivity contribution is -0.134. The van der Waals surface area contributed by atoms with Gasteiger partial charge in [0.15, 0.2) is 5.82 Å². The van der Waals surface area contributed by atoms with Crippen LogP contribution in [-0.2, 0) is 17.6 Å². The second kappa shape index (κ2) is 6.38. The van der Waals surface area contributed by atoms with E-state index >= 15 is 0 Å². The molecule has 0 saturated carbocycles. The van der Waals surface area contributed by atoms with E-state index in [1.807, 2.05) is 17.9 Å². The second-order valence-electron chi connectivity index (χ2n) is 6.73. The maximum atomic E-state index is 13.3. The number of aryl methyl sites for hydroxylation is 2. The number of aromatic nitrogens is 2. The highest BCUT2D eigenvalue weighted by atomic mass is 16.5. The quantitative estimate of drug-likeness (QED) is 0.867. The fourth-order valence-electron chi connectivity index (χ4n) is 4.06. The van der Waals surface area contributed by atoms with Crippen LogP contribution in [0.3, 0.4) is 0 Å². The number of carbonyl (C=O) groups is 1. The van der Waals surface area contributed by atoms with Crippen molar-refractivity contribution in [2.45, 2.75) is 57.4 Å². The number of hydrogen-bond acceptors (Lipinski definition) is 4. The van der Waals surface area contributed by atoms with Crippen molar-refractivity contribution in [2.75, 3.05) is 6.54 Å². The summed E-state index contributed by atoms with van der Waals surface area (Å²) in [6.07, 6.45) is 5.74. The molecule has 1 aliphatic heterocycles. The molecule has 5 heteroatoms. The first-order valence-corrected chi connectivity index (χ1v) is 8.98. The molecule has 2 aromatic rings. The number of hydrogen-bond donors (Lipinski definition) is 0. The van der Waals surface area contributed by atoms with Crippen LogP contribution >= 0.6 is 0 Å². The van der Waals surface area contributed by atoms with E-state index in [4.69, 9.17) is 4.52 Å². The summed E-state index contributed by atoms with van der Waals surface area (Å²) in [7, 11) is 0. The SMILES string of the molecule is CCc1nc([C@H]2CCCN2C(=O)[C@@H]2CCCc3ccccc32)no1. The molecule has 1 aliphatic carbocycles. The summed E-state index contributed by atoms with van der Waals surface area (Å²) in [5.41, 5.74) is 2.53. The molecule has 1 fully saturated rings. The smallest absolute Gasteiger partial charge is 0.230 e. The molecule has 5 nitrogen and oxygen atoms in total. The third kappa shape index (κ3) is 2.62. The van der Waals surface area contributed by atoms with Gasteiger partial charge in [-0.15, -0.1) is 0 Å². The van der Waals surface area contributed by atoms with Crippen molar-refractivity contribution in [3.63, 3.8) is 0 Å². The highest BCUT2D eigenvalue weighted by molar-refractivity contribution is 5.85. The van der Waals surface area contributed by atoms with E-state index in [1.165, 1.54) is 11.1 Å². The van der Waals surface area contributed by atoms with Crippen LogP contribution in [0.4, 0.5) is 0 Å². The lowest BCUT2D eigenvalue weighted by Crippen LogP contribution is -2.36. The standard InChI is InChI=1S/C19H23N3O2/c1-2-17-20-18(21-24-17)16-11-6-12-22(16)19(23)15-10-5-8-13-7-3-4-9-14(13)15/h3-4,7,9,15-16H,2,5-6,8,10-12H2,1H3/t15-,16-/m1/s1. The summed E-state index contributed by atoms with van der Waals surface area (Å²) >= 11 is 0. The summed E-state index contributed by atoms with van der Waals surface area (Å²) < 4.78 is 5.26. The van der Waals surface area contributed by atoms with Crippen LogP contribution in [0.1, 0.15) is 67.4 Å². The summed E-state index contributed by atoms with van der Waals surface area (Å²) in [5.74, 6) is 1.52. The summed E-state index contributed by atoms with van der Waals surface area (Å²) in [6, 6.07) is 8.35. The first-order chi connectivity index (χ1) is 11.8. The molecular formula is C19H23N3O2. The monoisotopic (exact) mass is 325 g/mol. The van der Waals surface area contributed by atoms with E-state index in [1.54, 1.807) is 0 Å². The molecule has 0 spiro atoms. The summed E-state index contributed by atoms with van der Waals surface area (Å²) in [5, 5.41) is 4.11. The zero-order chi connectivity index (χ0) is 16.5. The van der Waals surface area contributed by atoms with E-state index in [0.717, 1.165) is 45.1 Å².